The van der Waals surface area contributed by atoms with E-state index in [0.717, 1.165) is 75.7 Å². The number of carbonyl (C=O) groups excluding carboxylic acids is 6. The number of unbranched alkanes of at least 4 members (excludes halogenated alkanes) is 2. The van der Waals surface area contributed by atoms with Gasteiger partial charge < -0.3 is 42.5 Å². The van der Waals surface area contributed by atoms with Gasteiger partial charge in [0.2, 0.25) is 23.5 Å². The summed E-state index contributed by atoms with van der Waals surface area (Å²) in [6, 6.07) is -3.72. The first kappa shape index (κ1) is 48.8. The molecule has 0 bridgehead atoms. The average molecular weight is 948 g/mol. The fourth-order valence-electron chi connectivity index (χ4n) is 12.7. The van der Waals surface area contributed by atoms with E-state index in [2.05, 4.69) is 31.8 Å². The highest BCUT2D eigenvalue weighted by atomic mass is 32.1. The van der Waals surface area contributed by atoms with Gasteiger partial charge in [0.05, 0.1) is 30.1 Å². The molecule has 2 aromatic heterocycles. The Kier molecular flexibility index (Phi) is 16.7. The topological polar surface area (TPSA) is 235 Å². The molecular weight excluding hydrogens is 877 g/mol. The van der Waals surface area contributed by atoms with Crippen molar-refractivity contribution in [3.63, 3.8) is 0 Å². The molecule has 4 saturated heterocycles. The minimum absolute atomic E-state index is 0.0395. The van der Waals surface area contributed by atoms with Gasteiger partial charge in [0.15, 0.2) is 16.8 Å². The second kappa shape index (κ2) is 22.6. The van der Waals surface area contributed by atoms with E-state index in [1.165, 1.54) is 17.8 Å². The molecule has 66 heavy (non-hydrogen) atoms. The summed E-state index contributed by atoms with van der Waals surface area (Å²) in [4.78, 5) is 102. The predicted octanol–water partition coefficient (Wildman–Crippen LogP) is 3.45. The van der Waals surface area contributed by atoms with Crippen LogP contribution in [0.4, 0.5) is 0 Å². The Morgan fingerprint density at radius 3 is 2.05 bits per heavy atom. The predicted molar refractivity (Wildman–Crippen MR) is 252 cm³/mol. The molecule has 2 aromatic rings. The van der Waals surface area contributed by atoms with Gasteiger partial charge in [-0.3, -0.25) is 28.8 Å². The van der Waals surface area contributed by atoms with E-state index in [9.17, 15) is 14.4 Å². The number of ketones is 2. The van der Waals surface area contributed by atoms with Crippen LogP contribution in [0.2, 0.25) is 0 Å². The molecule has 0 spiro atoms. The molecule has 6 aliphatic rings. The summed E-state index contributed by atoms with van der Waals surface area (Å²) < 4.78 is 0. The second-order valence-electron chi connectivity index (χ2n) is 19.7. The van der Waals surface area contributed by atoms with Gasteiger partial charge in [0.1, 0.15) is 16.7 Å². The number of nitrogens with two attached hydrogens (primary N) is 2. The van der Waals surface area contributed by atoms with E-state index in [1.54, 1.807) is 26.8 Å². The molecule has 16 nitrogen and oxygen atoms in total. The van der Waals surface area contributed by atoms with Crippen molar-refractivity contribution in [1.82, 2.24) is 41.0 Å². The number of Topliss-reactive ketones (excluding diaryl/α,β-unsaturated/α-hetero) is 2. The largest absolute Gasteiger partial charge is 0.344 e. The van der Waals surface area contributed by atoms with Crippen LogP contribution in [0.5, 0.6) is 0 Å². The first-order chi connectivity index (χ1) is 32.2. The zero-order chi connectivity index (χ0) is 46.2. The Bertz CT molecular complexity index is 1980. The molecule has 4 aliphatic heterocycles. The Hall–Kier alpha value is -3.68. The third-order valence-electron chi connectivity index (χ3n) is 16.0. The highest BCUT2D eigenvalue weighted by molar-refractivity contribution is 7.09. The van der Waals surface area contributed by atoms with Crippen LogP contribution in [0.3, 0.4) is 0 Å². The SMILES string of the molecule is NCCCCC(NC(=O)[C@@]1(c2nccs2)C(C(=O)C(CCCCN)NC(=O)[C@@H]2CCCN2C(=O)[C@H]2NCCC3CCCCC32)CCN1C(=O)[C@@H]1NCCC2CCCCC21)C(=O)c1cs[c]n1. The lowest BCUT2D eigenvalue weighted by Gasteiger charge is -2.46. The molecule has 8 N–H and O–H groups in total. The van der Waals surface area contributed by atoms with Crippen molar-refractivity contribution in [2.24, 2.45) is 41.1 Å². The minimum Gasteiger partial charge on any atom is -0.344 e. The summed E-state index contributed by atoms with van der Waals surface area (Å²) >= 11 is 2.35. The number of nitrogens with zero attached hydrogens (tertiary/aromatic N) is 4. The number of rotatable bonds is 19. The fourth-order valence-corrected chi connectivity index (χ4v) is 14.1. The molecule has 2 saturated carbocycles. The zero-order valence-electron chi connectivity index (χ0n) is 38.4. The van der Waals surface area contributed by atoms with Crippen LogP contribution in [-0.2, 0) is 29.5 Å². The molecule has 0 aromatic carbocycles. The van der Waals surface area contributed by atoms with Crippen molar-refractivity contribution < 1.29 is 28.8 Å². The van der Waals surface area contributed by atoms with Crippen LogP contribution in [0.25, 0.3) is 0 Å². The monoisotopic (exact) mass is 947 g/mol. The van der Waals surface area contributed by atoms with Crippen molar-refractivity contribution >= 4 is 57.9 Å². The van der Waals surface area contributed by atoms with Gasteiger partial charge in [0.25, 0.3) is 5.91 Å². The maximum absolute atomic E-state index is 15.8. The van der Waals surface area contributed by atoms with Gasteiger partial charge in [-0.25, -0.2) is 9.97 Å². The summed E-state index contributed by atoms with van der Waals surface area (Å²) in [6.07, 6.45) is 16.2. The van der Waals surface area contributed by atoms with Gasteiger partial charge in [-0.15, -0.1) is 22.7 Å². The Labute approximate surface area is 397 Å². The average Bonchev–Trinajstić information content (AvgIpc) is 4.20. The summed E-state index contributed by atoms with van der Waals surface area (Å²) in [5.74, 6) is -2.06. The van der Waals surface area contributed by atoms with Crippen LogP contribution >= 0.6 is 22.7 Å². The molecule has 11 atom stereocenters. The quantitative estimate of drug-likeness (QED) is 0.0879. The lowest BCUT2D eigenvalue weighted by molar-refractivity contribution is -0.154. The maximum atomic E-state index is 15.8. The number of aromatic nitrogens is 2. The summed E-state index contributed by atoms with van der Waals surface area (Å²) in [7, 11) is 0. The first-order valence-electron chi connectivity index (χ1n) is 25.1. The molecule has 4 amide bonds. The molecule has 7 unspecified atom stereocenters. The number of carbonyl (C=O) groups is 6. The normalized spacial score (nSPS) is 30.8. The molecule has 361 valence electrons. The number of nitrogens with one attached hydrogen (secondary N) is 4. The lowest BCUT2D eigenvalue weighted by atomic mass is 9.71. The third-order valence-corrected chi connectivity index (χ3v) is 17.5. The van der Waals surface area contributed by atoms with Crippen molar-refractivity contribution in [2.75, 3.05) is 39.3 Å². The van der Waals surface area contributed by atoms with Crippen LogP contribution < -0.4 is 32.7 Å². The fraction of sp³-hybridized carbons (Fsp3) is 0.750. The highest BCUT2D eigenvalue weighted by Crippen LogP contribution is 2.48. The van der Waals surface area contributed by atoms with Gasteiger partial charge >= 0.3 is 0 Å². The van der Waals surface area contributed by atoms with Crippen molar-refractivity contribution in [1.29, 1.82) is 0 Å². The van der Waals surface area contributed by atoms with Crippen LogP contribution in [0.15, 0.2) is 17.0 Å². The standard InChI is InChI=1S/C48H71N10O6S2/c49-20-7-5-14-35(55-43(61)38-16-9-25-57(38)44(62)39-32-12-3-1-10-30(32)17-22-51-39)41(59)34-19-26-58(45(63)40-33-13-4-2-11-31(33)18-23-52-40)48(34,47-53-24-27-66-47)46(64)56-36(15-6-8-21-50)42(60)37-28-65-29-54-37/h24,27-28,30-36,38-40,51-52H,1-23,25-26,49-50H2,(H,55,61)(H,56,64)/t30?,31?,32?,33?,34?,35?,36?,38-,39-,40+,48+/m0/s1. The van der Waals surface area contributed by atoms with Crippen LogP contribution in [0, 0.1) is 35.1 Å². The van der Waals surface area contributed by atoms with E-state index >= 15 is 14.4 Å². The molecule has 1 radical (unpaired) electrons. The van der Waals surface area contributed by atoms with E-state index in [4.69, 9.17) is 16.5 Å². The Morgan fingerprint density at radius 2 is 1.42 bits per heavy atom. The molecule has 6 fully saturated rings. The smallest absolute Gasteiger partial charge is 0.254 e. The zero-order valence-corrected chi connectivity index (χ0v) is 40.0. The van der Waals surface area contributed by atoms with E-state index in [1.807, 2.05) is 0 Å². The number of likely N-dealkylation sites (tertiary alicyclic amines) is 2. The van der Waals surface area contributed by atoms with Crippen molar-refractivity contribution in [3.05, 3.63) is 33.2 Å². The van der Waals surface area contributed by atoms with E-state index < -0.39 is 53.2 Å². The number of amides is 4. The number of piperidine rings is 2. The molecule has 2 aliphatic carbocycles. The van der Waals surface area contributed by atoms with E-state index in [0.29, 0.717) is 76.5 Å². The summed E-state index contributed by atoms with van der Waals surface area (Å²) in [6.45, 7) is 2.79. The van der Waals surface area contributed by atoms with Crippen LogP contribution in [0.1, 0.15) is 137 Å². The first-order valence-corrected chi connectivity index (χ1v) is 26.8. The number of thiazole rings is 2. The van der Waals surface area contributed by atoms with Gasteiger partial charge in [-0.1, -0.05) is 38.5 Å². The van der Waals surface area contributed by atoms with Crippen molar-refractivity contribution in [3.8, 4) is 0 Å². The summed E-state index contributed by atoms with van der Waals surface area (Å²) in [5, 5.41) is 16.9. The van der Waals surface area contributed by atoms with Crippen LogP contribution in [-0.4, -0.2) is 124 Å². The molecule has 6 heterocycles. The summed E-state index contributed by atoms with van der Waals surface area (Å²) in [5.41, 5.74) is 12.8. The number of hydrogen-bond acceptors (Lipinski definition) is 14. The molecular formula is C48H71N10O6S2. The minimum atomic E-state index is -1.94. The Balaban J connectivity index is 1.13. The second-order valence-corrected chi connectivity index (χ2v) is 21.3. The highest BCUT2D eigenvalue weighted by Gasteiger charge is 2.64. The molecule has 18 heteroatoms. The maximum Gasteiger partial charge on any atom is 0.254 e. The van der Waals surface area contributed by atoms with Gasteiger partial charge in [0, 0.05) is 30.0 Å². The third kappa shape index (κ3) is 10.1. The molecule has 8 rings (SSSR count). The van der Waals surface area contributed by atoms with E-state index in [-0.39, 0.29) is 72.0 Å². The van der Waals surface area contributed by atoms with Gasteiger partial charge in [-0.05, 0) is 133 Å². The van der Waals surface area contributed by atoms with Crippen molar-refractivity contribution in [2.45, 2.75) is 158 Å². The van der Waals surface area contributed by atoms with Gasteiger partial charge in [-0.2, -0.15) is 0 Å². The number of hydrogen-bond donors (Lipinski definition) is 6. The Morgan fingerprint density at radius 1 is 0.773 bits per heavy atom. The lowest BCUT2D eigenvalue weighted by Crippen LogP contribution is -2.66. The number of fused-ring (bicyclic) bond motifs is 2.